The second kappa shape index (κ2) is 8.01. The zero-order chi connectivity index (χ0) is 20.3. The van der Waals surface area contributed by atoms with Crippen LogP contribution in [0.1, 0.15) is 20.1 Å². The molecule has 2 aromatic carbocycles. The quantitative estimate of drug-likeness (QED) is 0.264. The van der Waals surface area contributed by atoms with Gasteiger partial charge in [-0.15, -0.1) is 11.3 Å². The van der Waals surface area contributed by atoms with Crippen molar-refractivity contribution in [3.05, 3.63) is 86.6 Å². The van der Waals surface area contributed by atoms with Gasteiger partial charge in [0.1, 0.15) is 16.5 Å². The van der Waals surface area contributed by atoms with E-state index in [-0.39, 0.29) is 16.0 Å². The summed E-state index contributed by atoms with van der Waals surface area (Å²) in [4.78, 5) is 11.7. The van der Waals surface area contributed by atoms with Crippen molar-refractivity contribution >= 4 is 34.8 Å². The third-order valence-corrected chi connectivity index (χ3v) is 5.27. The van der Waals surface area contributed by atoms with E-state index in [1.54, 1.807) is 60.7 Å². The molecule has 0 aliphatic rings. The standard InChI is InChI=1S/C21H11ClF3NOS/c22-16-8-6-13(7-9-16)10-15(12-26)19(27)18-11-17(14-4-2-1-3-5-14)20(28-18)21(23,24)25/h1-11H/b15-10+. The molecule has 28 heavy (non-hydrogen) atoms. The molecule has 0 unspecified atom stereocenters. The van der Waals surface area contributed by atoms with Crippen LogP contribution in [0.2, 0.25) is 5.02 Å². The molecular weight excluding hydrogens is 407 g/mol. The first kappa shape index (κ1) is 19.9. The number of thiophene rings is 1. The number of Topliss-reactive ketones (excluding diaryl/α,β-unsaturated/α-hetero) is 1. The SMILES string of the molecule is N#C/C(=C\c1ccc(Cl)cc1)C(=O)c1cc(-c2ccccc2)c(C(F)(F)F)s1. The van der Waals surface area contributed by atoms with Crippen LogP contribution < -0.4 is 0 Å². The Kier molecular flexibility index (Phi) is 5.68. The topological polar surface area (TPSA) is 40.9 Å². The lowest BCUT2D eigenvalue weighted by Crippen LogP contribution is -2.03. The highest BCUT2D eigenvalue weighted by Crippen LogP contribution is 2.43. The van der Waals surface area contributed by atoms with Crippen LogP contribution in [0.5, 0.6) is 0 Å². The average molecular weight is 418 g/mol. The van der Waals surface area contributed by atoms with Gasteiger partial charge in [0.15, 0.2) is 0 Å². The summed E-state index contributed by atoms with van der Waals surface area (Å²) in [6, 6.07) is 17.4. The van der Waals surface area contributed by atoms with Gasteiger partial charge in [0.2, 0.25) is 5.78 Å². The molecule has 140 valence electrons. The largest absolute Gasteiger partial charge is 0.426 e. The van der Waals surface area contributed by atoms with Gasteiger partial charge < -0.3 is 0 Å². The van der Waals surface area contributed by atoms with Gasteiger partial charge in [-0.05, 0) is 35.4 Å². The summed E-state index contributed by atoms with van der Waals surface area (Å²) in [7, 11) is 0. The van der Waals surface area contributed by atoms with Crippen molar-refractivity contribution in [2.75, 3.05) is 0 Å². The second-order valence-electron chi connectivity index (χ2n) is 5.77. The number of carbonyl (C=O) groups excluding carboxylic acids is 1. The van der Waals surface area contributed by atoms with Crippen molar-refractivity contribution in [1.29, 1.82) is 5.26 Å². The number of carbonyl (C=O) groups is 1. The van der Waals surface area contributed by atoms with Gasteiger partial charge in [0.05, 0.1) is 4.88 Å². The van der Waals surface area contributed by atoms with Crippen molar-refractivity contribution in [1.82, 2.24) is 0 Å². The maximum Gasteiger partial charge on any atom is 0.426 e. The summed E-state index contributed by atoms with van der Waals surface area (Å²) in [5.74, 6) is -0.755. The van der Waals surface area contributed by atoms with E-state index in [4.69, 9.17) is 11.6 Å². The number of halogens is 4. The average Bonchev–Trinajstić information content (AvgIpc) is 3.14. The van der Waals surface area contributed by atoms with Gasteiger partial charge in [0, 0.05) is 10.6 Å². The minimum absolute atomic E-state index is 0.0785. The van der Waals surface area contributed by atoms with E-state index in [0.717, 1.165) is 0 Å². The molecule has 3 aromatic rings. The fourth-order valence-electron chi connectivity index (χ4n) is 2.55. The van der Waals surface area contributed by atoms with Crippen LogP contribution in [0.15, 0.2) is 66.2 Å². The predicted octanol–water partition coefficient (Wildman–Crippen LogP) is 6.88. The summed E-state index contributed by atoms with van der Waals surface area (Å²) in [6.07, 6.45) is -3.28. The number of nitriles is 1. The Bertz CT molecular complexity index is 1080. The number of nitrogens with zero attached hydrogens (tertiary/aromatic N) is 1. The molecule has 0 spiro atoms. The Morgan fingerprint density at radius 1 is 1.07 bits per heavy atom. The molecule has 0 saturated heterocycles. The van der Waals surface area contributed by atoms with Crippen LogP contribution in [-0.4, -0.2) is 5.78 Å². The van der Waals surface area contributed by atoms with Crippen molar-refractivity contribution in [3.63, 3.8) is 0 Å². The van der Waals surface area contributed by atoms with Crippen LogP contribution in [0.25, 0.3) is 17.2 Å². The van der Waals surface area contributed by atoms with E-state index < -0.39 is 16.8 Å². The number of hydrogen-bond donors (Lipinski definition) is 0. The third-order valence-electron chi connectivity index (χ3n) is 3.84. The minimum Gasteiger partial charge on any atom is -0.287 e. The first-order chi connectivity index (χ1) is 13.3. The molecule has 0 atom stereocenters. The number of rotatable bonds is 4. The van der Waals surface area contributed by atoms with E-state index in [1.807, 2.05) is 0 Å². The Morgan fingerprint density at radius 3 is 2.29 bits per heavy atom. The number of hydrogen-bond acceptors (Lipinski definition) is 3. The van der Waals surface area contributed by atoms with Crippen molar-refractivity contribution in [3.8, 4) is 17.2 Å². The number of ketones is 1. The van der Waals surface area contributed by atoms with Crippen LogP contribution in [0, 0.1) is 11.3 Å². The molecule has 0 aliphatic carbocycles. The highest BCUT2D eigenvalue weighted by molar-refractivity contribution is 7.14. The fourth-order valence-corrected chi connectivity index (χ4v) is 3.68. The summed E-state index contributed by atoms with van der Waals surface area (Å²) >= 11 is 6.14. The molecule has 0 radical (unpaired) electrons. The van der Waals surface area contributed by atoms with Crippen LogP contribution in [0.4, 0.5) is 13.2 Å². The van der Waals surface area contributed by atoms with Gasteiger partial charge in [-0.3, -0.25) is 4.79 Å². The van der Waals surface area contributed by atoms with Crippen molar-refractivity contribution < 1.29 is 18.0 Å². The number of alkyl halides is 3. The lowest BCUT2D eigenvalue weighted by molar-refractivity contribution is -0.133. The summed E-state index contributed by atoms with van der Waals surface area (Å²) in [5.41, 5.74) is 0.567. The summed E-state index contributed by atoms with van der Waals surface area (Å²) in [6.45, 7) is 0. The van der Waals surface area contributed by atoms with Crippen molar-refractivity contribution in [2.24, 2.45) is 0 Å². The molecule has 7 heteroatoms. The Morgan fingerprint density at radius 2 is 1.71 bits per heavy atom. The molecule has 1 aromatic heterocycles. The van der Waals surface area contributed by atoms with Crippen LogP contribution in [-0.2, 0) is 6.18 Å². The van der Waals surface area contributed by atoms with Gasteiger partial charge in [0.25, 0.3) is 0 Å². The van der Waals surface area contributed by atoms with E-state index in [0.29, 0.717) is 27.5 Å². The van der Waals surface area contributed by atoms with E-state index in [1.165, 1.54) is 12.1 Å². The molecular formula is C21H11ClF3NOS. The zero-order valence-electron chi connectivity index (χ0n) is 14.1. The summed E-state index contributed by atoms with van der Waals surface area (Å²) < 4.78 is 40.5. The first-order valence-electron chi connectivity index (χ1n) is 7.98. The predicted molar refractivity (Wildman–Crippen MR) is 104 cm³/mol. The molecule has 0 N–H and O–H groups in total. The van der Waals surface area contributed by atoms with E-state index in [9.17, 15) is 23.2 Å². The smallest absolute Gasteiger partial charge is 0.287 e. The van der Waals surface area contributed by atoms with E-state index >= 15 is 0 Å². The highest BCUT2D eigenvalue weighted by atomic mass is 35.5. The Balaban J connectivity index is 2.05. The maximum absolute atomic E-state index is 13.5. The normalized spacial score (nSPS) is 11.9. The lowest BCUT2D eigenvalue weighted by atomic mass is 10.0. The van der Waals surface area contributed by atoms with Gasteiger partial charge in [-0.1, -0.05) is 54.1 Å². The molecule has 0 bridgehead atoms. The molecule has 2 nitrogen and oxygen atoms in total. The molecule has 3 rings (SSSR count). The van der Waals surface area contributed by atoms with Crippen LogP contribution in [0.3, 0.4) is 0 Å². The molecule has 0 amide bonds. The molecule has 1 heterocycles. The Hall–Kier alpha value is -2.88. The zero-order valence-corrected chi connectivity index (χ0v) is 15.7. The second-order valence-corrected chi connectivity index (χ2v) is 7.26. The molecule has 0 aliphatic heterocycles. The summed E-state index contributed by atoms with van der Waals surface area (Å²) in [5, 5.41) is 9.83. The van der Waals surface area contributed by atoms with Gasteiger partial charge in [-0.25, -0.2) is 0 Å². The number of benzene rings is 2. The Labute approximate surface area is 168 Å². The molecule has 0 saturated carbocycles. The minimum atomic E-state index is -4.61. The first-order valence-corrected chi connectivity index (χ1v) is 9.17. The third kappa shape index (κ3) is 4.33. The van der Waals surface area contributed by atoms with Gasteiger partial charge >= 0.3 is 6.18 Å². The van der Waals surface area contributed by atoms with Gasteiger partial charge in [-0.2, -0.15) is 18.4 Å². The molecule has 0 fully saturated rings. The van der Waals surface area contributed by atoms with Crippen molar-refractivity contribution in [2.45, 2.75) is 6.18 Å². The highest BCUT2D eigenvalue weighted by Gasteiger charge is 2.37. The monoisotopic (exact) mass is 417 g/mol. The maximum atomic E-state index is 13.5. The fraction of sp³-hybridized carbons (Fsp3) is 0.0476. The lowest BCUT2D eigenvalue weighted by Gasteiger charge is -2.07. The number of allylic oxidation sites excluding steroid dienone is 1. The van der Waals surface area contributed by atoms with E-state index in [2.05, 4.69) is 0 Å². The van der Waals surface area contributed by atoms with Crippen LogP contribution >= 0.6 is 22.9 Å².